The summed E-state index contributed by atoms with van der Waals surface area (Å²) in [6.45, 7) is 0. The Morgan fingerprint density at radius 1 is 1.40 bits per heavy atom. The van der Waals surface area contributed by atoms with E-state index in [1.807, 2.05) is 0 Å². The molecule has 0 spiro atoms. The Kier molecular flexibility index (Phi) is 3.71. The average molecular weight is 351 g/mol. The van der Waals surface area contributed by atoms with Crippen LogP contribution in [0.25, 0.3) is 11.1 Å². The summed E-state index contributed by atoms with van der Waals surface area (Å²) in [5.74, 6) is -0.716. The number of nitrogens with two attached hydrogens (primary N) is 1. The number of amides is 2. The number of oxazole rings is 1. The lowest BCUT2D eigenvalue weighted by Crippen LogP contribution is -2.55. The number of aromatic nitrogens is 1. The van der Waals surface area contributed by atoms with Crippen LogP contribution in [0.5, 0.6) is 0 Å². The molecule has 1 aliphatic carbocycles. The molecule has 0 radical (unpaired) electrons. The first-order valence-electron chi connectivity index (χ1n) is 7.20. The van der Waals surface area contributed by atoms with Crippen molar-refractivity contribution in [3.63, 3.8) is 0 Å². The lowest BCUT2D eigenvalue weighted by Gasteiger charge is -2.37. The highest BCUT2D eigenvalue weighted by Gasteiger charge is 2.69. The molecule has 2 N–H and O–H groups in total. The van der Waals surface area contributed by atoms with Crippen molar-refractivity contribution in [3.8, 4) is 12.3 Å². The topological polar surface area (TPSA) is 89.4 Å². The lowest BCUT2D eigenvalue weighted by atomic mass is 10.0. The third-order valence-corrected chi connectivity index (χ3v) is 4.25. The van der Waals surface area contributed by atoms with E-state index < -0.39 is 29.6 Å². The molecule has 9 heteroatoms. The van der Waals surface area contributed by atoms with Crippen LogP contribution in [-0.2, 0) is 9.59 Å². The number of alkyl halides is 3. The number of primary amides is 1. The molecule has 0 bridgehead atoms. The first-order valence-corrected chi connectivity index (χ1v) is 7.20. The summed E-state index contributed by atoms with van der Waals surface area (Å²) < 4.78 is 45.7. The molecule has 2 aromatic rings. The minimum Gasteiger partial charge on any atom is -0.443 e. The summed E-state index contributed by atoms with van der Waals surface area (Å²) in [6.07, 6.45) is 0.746. The van der Waals surface area contributed by atoms with Gasteiger partial charge in [0, 0.05) is 0 Å². The van der Waals surface area contributed by atoms with Crippen molar-refractivity contribution in [2.24, 2.45) is 5.73 Å². The molecule has 25 heavy (non-hydrogen) atoms. The summed E-state index contributed by atoms with van der Waals surface area (Å²) in [5, 5.41) is 0. The molecular weight excluding hydrogens is 339 g/mol. The van der Waals surface area contributed by atoms with Gasteiger partial charge in [0.25, 0.3) is 5.91 Å². The number of benzene rings is 1. The maximum absolute atomic E-state index is 13.5. The van der Waals surface area contributed by atoms with E-state index in [1.54, 1.807) is 5.92 Å². The van der Waals surface area contributed by atoms with E-state index in [0.29, 0.717) is 10.4 Å². The van der Waals surface area contributed by atoms with Crippen molar-refractivity contribution in [2.75, 3.05) is 0 Å². The van der Waals surface area contributed by atoms with E-state index in [0.717, 1.165) is 6.39 Å². The van der Waals surface area contributed by atoms with E-state index >= 15 is 0 Å². The SMILES string of the molecule is C#CC(=O)N(C(C(N)=O)c1ccc2ncoc2c1)C1(C(F)(F)F)CC1. The molecule has 0 aliphatic heterocycles. The Balaban J connectivity index is 2.15. The van der Waals surface area contributed by atoms with Crippen molar-refractivity contribution in [2.45, 2.75) is 30.6 Å². The number of halogens is 3. The van der Waals surface area contributed by atoms with Gasteiger partial charge in [-0.05, 0) is 36.5 Å². The highest BCUT2D eigenvalue weighted by atomic mass is 19.4. The first-order chi connectivity index (χ1) is 11.7. The van der Waals surface area contributed by atoms with Crippen LogP contribution in [0.4, 0.5) is 13.2 Å². The van der Waals surface area contributed by atoms with Crippen molar-refractivity contribution < 1.29 is 27.2 Å². The molecule has 1 unspecified atom stereocenters. The standard InChI is InChI=1S/C16H12F3N3O3/c1-2-12(23)22(15(5-6-15)16(17,18)19)13(14(20)24)9-3-4-10-11(7-9)25-8-21-10/h1,3-4,7-8,13H,5-6H2,(H2,20,24). The van der Waals surface area contributed by atoms with Crippen LogP contribution < -0.4 is 5.73 Å². The largest absolute Gasteiger partial charge is 0.443 e. The fourth-order valence-corrected chi connectivity index (χ4v) is 2.89. The second-order valence-corrected chi connectivity index (χ2v) is 5.73. The Labute approximate surface area is 139 Å². The minimum atomic E-state index is -4.75. The van der Waals surface area contributed by atoms with Crippen LogP contribution in [0.15, 0.2) is 29.0 Å². The van der Waals surface area contributed by atoms with Crippen molar-refractivity contribution >= 4 is 22.9 Å². The van der Waals surface area contributed by atoms with Gasteiger partial charge >= 0.3 is 6.18 Å². The lowest BCUT2D eigenvalue weighted by molar-refractivity contribution is -0.204. The predicted octanol–water partition coefficient (Wildman–Crippen LogP) is 1.91. The monoisotopic (exact) mass is 351 g/mol. The second kappa shape index (κ2) is 5.51. The highest BCUT2D eigenvalue weighted by molar-refractivity contribution is 5.98. The van der Waals surface area contributed by atoms with Gasteiger partial charge < -0.3 is 15.1 Å². The molecule has 1 heterocycles. The Bertz CT molecular complexity index is 893. The molecule has 1 fully saturated rings. The van der Waals surface area contributed by atoms with Gasteiger partial charge in [-0.3, -0.25) is 9.59 Å². The Morgan fingerprint density at radius 2 is 2.08 bits per heavy atom. The molecule has 130 valence electrons. The summed E-state index contributed by atoms with van der Waals surface area (Å²) in [6, 6.07) is 2.46. The quantitative estimate of drug-likeness (QED) is 0.852. The smallest absolute Gasteiger partial charge is 0.411 e. The summed E-state index contributed by atoms with van der Waals surface area (Å²) in [4.78, 5) is 28.4. The summed E-state index contributed by atoms with van der Waals surface area (Å²) in [7, 11) is 0. The first kappa shape index (κ1) is 16.8. The van der Waals surface area contributed by atoms with E-state index in [4.69, 9.17) is 16.6 Å². The fraction of sp³-hybridized carbons (Fsp3) is 0.312. The van der Waals surface area contributed by atoms with Gasteiger partial charge in [-0.15, -0.1) is 6.42 Å². The van der Waals surface area contributed by atoms with Crippen LogP contribution in [-0.4, -0.2) is 33.4 Å². The molecule has 2 amide bonds. The number of carbonyl (C=O) groups excluding carboxylic acids is 2. The maximum atomic E-state index is 13.5. The number of rotatable bonds is 4. The summed E-state index contributed by atoms with van der Waals surface area (Å²) in [5.41, 5.74) is 3.59. The normalized spacial score (nSPS) is 16.9. The van der Waals surface area contributed by atoms with Gasteiger partial charge in [-0.1, -0.05) is 6.07 Å². The Morgan fingerprint density at radius 3 is 2.60 bits per heavy atom. The molecule has 6 nitrogen and oxygen atoms in total. The van der Waals surface area contributed by atoms with Crippen molar-refractivity contribution in [3.05, 3.63) is 30.2 Å². The predicted molar refractivity (Wildman–Crippen MR) is 79.6 cm³/mol. The van der Waals surface area contributed by atoms with E-state index in [2.05, 4.69) is 4.98 Å². The minimum absolute atomic E-state index is 0.0656. The van der Waals surface area contributed by atoms with Crippen LogP contribution >= 0.6 is 0 Å². The number of fused-ring (bicyclic) bond motifs is 1. The number of nitrogens with zero attached hydrogens (tertiary/aromatic N) is 2. The van der Waals surface area contributed by atoms with Crippen LogP contribution in [0, 0.1) is 12.3 Å². The van der Waals surface area contributed by atoms with Gasteiger partial charge in [-0.25, -0.2) is 4.98 Å². The molecule has 1 aliphatic rings. The molecule has 1 aromatic heterocycles. The number of hydrogen-bond acceptors (Lipinski definition) is 4. The second-order valence-electron chi connectivity index (χ2n) is 5.73. The highest BCUT2D eigenvalue weighted by Crippen LogP contribution is 2.56. The van der Waals surface area contributed by atoms with Crippen molar-refractivity contribution in [1.82, 2.24) is 9.88 Å². The van der Waals surface area contributed by atoms with Gasteiger partial charge in [0.2, 0.25) is 5.91 Å². The fourth-order valence-electron chi connectivity index (χ4n) is 2.89. The van der Waals surface area contributed by atoms with Crippen molar-refractivity contribution in [1.29, 1.82) is 0 Å². The van der Waals surface area contributed by atoms with Gasteiger partial charge in [0.05, 0.1) is 0 Å². The third kappa shape index (κ3) is 2.59. The number of hydrogen-bond donors (Lipinski definition) is 1. The molecule has 1 aromatic carbocycles. The molecule has 3 rings (SSSR count). The van der Waals surface area contributed by atoms with E-state index in [-0.39, 0.29) is 24.0 Å². The zero-order chi connectivity index (χ0) is 18.4. The molecule has 1 atom stereocenters. The number of carbonyl (C=O) groups is 2. The molecule has 0 saturated heterocycles. The van der Waals surface area contributed by atoms with Crippen LogP contribution in [0.1, 0.15) is 24.4 Å². The van der Waals surface area contributed by atoms with Gasteiger partial charge in [-0.2, -0.15) is 13.2 Å². The summed E-state index contributed by atoms with van der Waals surface area (Å²) >= 11 is 0. The van der Waals surface area contributed by atoms with Gasteiger partial charge in [0.15, 0.2) is 12.0 Å². The third-order valence-electron chi connectivity index (χ3n) is 4.25. The van der Waals surface area contributed by atoms with Crippen LogP contribution in [0.3, 0.4) is 0 Å². The van der Waals surface area contributed by atoms with E-state index in [1.165, 1.54) is 18.2 Å². The Hall–Kier alpha value is -3.02. The molecule has 1 saturated carbocycles. The zero-order valence-corrected chi connectivity index (χ0v) is 12.7. The average Bonchev–Trinajstić information content (AvgIpc) is 3.22. The number of terminal acetylenes is 1. The maximum Gasteiger partial charge on any atom is 0.411 e. The van der Waals surface area contributed by atoms with E-state index in [9.17, 15) is 22.8 Å². The molecular formula is C16H12F3N3O3. The van der Waals surface area contributed by atoms with Gasteiger partial charge in [0.1, 0.15) is 17.1 Å². The van der Waals surface area contributed by atoms with Crippen LogP contribution in [0.2, 0.25) is 0 Å². The zero-order valence-electron chi connectivity index (χ0n) is 12.7.